The first kappa shape index (κ1) is 24.1. The molecule has 0 unspecified atom stereocenters. The maximum absolute atomic E-state index is 12.1. The zero-order valence-electron chi connectivity index (χ0n) is 19.7. The molecule has 0 N–H and O–H groups in total. The zero-order valence-corrected chi connectivity index (χ0v) is 21.2. The topological polar surface area (TPSA) is 47.4 Å². The first-order valence-corrected chi connectivity index (χ1v) is 11.9. The van der Waals surface area contributed by atoms with Crippen LogP contribution in [0.5, 0.6) is 0 Å². The molecule has 1 aromatic heterocycles. The lowest BCUT2D eigenvalue weighted by molar-refractivity contribution is 0.0526. The molecule has 5 nitrogen and oxygen atoms in total. The van der Waals surface area contributed by atoms with Crippen molar-refractivity contribution < 1.29 is 9.53 Å². The molecule has 0 aliphatic heterocycles. The number of ether oxygens (including phenoxy) is 1. The molecule has 0 spiro atoms. The number of aromatic nitrogens is 2. The molecule has 0 fully saturated rings. The van der Waals surface area contributed by atoms with E-state index in [-0.39, 0.29) is 5.97 Å². The van der Waals surface area contributed by atoms with Crippen molar-refractivity contribution in [1.29, 1.82) is 0 Å². The number of imidazole rings is 1. The van der Waals surface area contributed by atoms with Crippen molar-refractivity contribution in [2.45, 2.75) is 33.9 Å². The van der Waals surface area contributed by atoms with Gasteiger partial charge in [-0.1, -0.05) is 41.4 Å². The van der Waals surface area contributed by atoms with Crippen molar-refractivity contribution in [3.63, 3.8) is 0 Å². The number of carbonyl (C=O) groups excluding carboxylic acids is 1. The molecule has 7 heteroatoms. The summed E-state index contributed by atoms with van der Waals surface area (Å²) in [6.07, 6.45) is 0. The molecule has 34 heavy (non-hydrogen) atoms. The average molecular weight is 496 g/mol. The molecule has 3 aromatic carbocycles. The van der Waals surface area contributed by atoms with Crippen LogP contribution in [0.1, 0.15) is 39.8 Å². The Labute approximate surface area is 209 Å². The lowest BCUT2D eigenvalue weighted by atomic mass is 10.1. The quantitative estimate of drug-likeness (QED) is 0.264. The van der Waals surface area contributed by atoms with Crippen molar-refractivity contribution >= 4 is 45.9 Å². The van der Waals surface area contributed by atoms with Gasteiger partial charge in [0.15, 0.2) is 0 Å². The Hall–Kier alpha value is -3.02. The summed E-state index contributed by atoms with van der Waals surface area (Å²) in [5, 5.41) is 1.26. The lowest BCUT2D eigenvalue weighted by Gasteiger charge is -2.20. The maximum atomic E-state index is 12.1. The highest BCUT2D eigenvalue weighted by Crippen LogP contribution is 2.27. The van der Waals surface area contributed by atoms with Crippen molar-refractivity contribution in [2.75, 3.05) is 18.6 Å². The Morgan fingerprint density at radius 3 is 2.62 bits per heavy atom. The Bertz CT molecular complexity index is 1360. The van der Waals surface area contributed by atoms with E-state index in [4.69, 9.17) is 32.9 Å². The standard InChI is InChI=1S/C27H27Cl2N3O2/c1-5-34-27(33)20-7-6-8-23(13-20)31(4)15-19-11-17(2)26-25(12-19)32(18(3)30-26)16-21-9-10-22(28)14-24(21)29/h6-14H,5,15-16H2,1-4H3. The van der Waals surface area contributed by atoms with E-state index in [0.717, 1.165) is 39.2 Å². The van der Waals surface area contributed by atoms with E-state index in [1.54, 1.807) is 19.1 Å². The Kier molecular flexibility index (Phi) is 7.15. The van der Waals surface area contributed by atoms with Gasteiger partial charge in [-0.3, -0.25) is 0 Å². The number of esters is 1. The van der Waals surface area contributed by atoms with Crippen molar-refractivity contribution in [3.8, 4) is 0 Å². The molecule has 4 rings (SSSR count). The summed E-state index contributed by atoms with van der Waals surface area (Å²) in [7, 11) is 2.01. The van der Waals surface area contributed by atoms with Crippen LogP contribution in [0.2, 0.25) is 10.0 Å². The highest BCUT2D eigenvalue weighted by molar-refractivity contribution is 6.35. The number of anilines is 1. The van der Waals surface area contributed by atoms with Crippen LogP contribution in [-0.4, -0.2) is 29.2 Å². The minimum absolute atomic E-state index is 0.310. The van der Waals surface area contributed by atoms with Crippen LogP contribution in [0.3, 0.4) is 0 Å². The molecule has 0 amide bonds. The lowest BCUT2D eigenvalue weighted by Crippen LogP contribution is -2.17. The fourth-order valence-corrected chi connectivity index (χ4v) is 4.61. The summed E-state index contributed by atoms with van der Waals surface area (Å²) in [4.78, 5) is 19.1. The van der Waals surface area contributed by atoms with Gasteiger partial charge in [-0.15, -0.1) is 0 Å². The number of nitrogens with zero attached hydrogens (tertiary/aromatic N) is 3. The van der Waals surface area contributed by atoms with Gasteiger partial charge in [0.1, 0.15) is 5.82 Å². The van der Waals surface area contributed by atoms with Gasteiger partial charge in [-0.2, -0.15) is 0 Å². The van der Waals surface area contributed by atoms with Gasteiger partial charge in [-0.05, 0) is 73.9 Å². The molecular formula is C27H27Cl2N3O2. The summed E-state index contributed by atoms with van der Waals surface area (Å²) in [5.41, 5.74) is 6.80. The zero-order chi connectivity index (χ0) is 24.4. The van der Waals surface area contributed by atoms with E-state index >= 15 is 0 Å². The van der Waals surface area contributed by atoms with Gasteiger partial charge in [0.2, 0.25) is 0 Å². The first-order valence-electron chi connectivity index (χ1n) is 11.2. The summed E-state index contributed by atoms with van der Waals surface area (Å²) in [5.74, 6) is 0.618. The molecule has 0 bridgehead atoms. The number of benzene rings is 3. The number of carbonyl (C=O) groups is 1. The summed E-state index contributed by atoms with van der Waals surface area (Å²) < 4.78 is 7.32. The largest absolute Gasteiger partial charge is 0.462 e. The third-order valence-corrected chi connectivity index (χ3v) is 6.44. The molecule has 0 saturated carbocycles. The third kappa shape index (κ3) is 5.06. The Balaban J connectivity index is 1.65. The summed E-state index contributed by atoms with van der Waals surface area (Å²) >= 11 is 12.5. The van der Waals surface area contributed by atoms with E-state index < -0.39 is 0 Å². The van der Waals surface area contributed by atoms with Crippen LogP contribution in [0.4, 0.5) is 5.69 Å². The summed E-state index contributed by atoms with van der Waals surface area (Å²) in [6, 6.07) is 17.4. The van der Waals surface area contributed by atoms with Crippen molar-refractivity contribution in [3.05, 3.63) is 92.7 Å². The second kappa shape index (κ2) is 10.1. The van der Waals surface area contributed by atoms with Crippen LogP contribution in [0, 0.1) is 13.8 Å². The molecule has 0 saturated heterocycles. The smallest absolute Gasteiger partial charge is 0.338 e. The fraction of sp³-hybridized carbons (Fsp3) is 0.259. The SMILES string of the molecule is CCOC(=O)c1cccc(N(C)Cc2cc(C)c3nc(C)n(Cc4ccc(Cl)cc4Cl)c3c2)c1. The molecule has 0 aliphatic carbocycles. The van der Waals surface area contributed by atoms with Gasteiger partial charge in [-0.25, -0.2) is 9.78 Å². The van der Waals surface area contributed by atoms with Gasteiger partial charge in [0, 0.05) is 29.3 Å². The predicted octanol–water partition coefficient (Wildman–Crippen LogP) is 6.82. The molecule has 176 valence electrons. The van der Waals surface area contributed by atoms with Crippen molar-refractivity contribution in [2.24, 2.45) is 0 Å². The van der Waals surface area contributed by atoms with Gasteiger partial charge >= 0.3 is 5.97 Å². The predicted molar refractivity (Wildman–Crippen MR) is 139 cm³/mol. The van der Waals surface area contributed by atoms with Gasteiger partial charge in [0.05, 0.1) is 29.7 Å². The minimum Gasteiger partial charge on any atom is -0.462 e. The number of hydrogen-bond acceptors (Lipinski definition) is 4. The number of aryl methyl sites for hydroxylation is 2. The normalized spacial score (nSPS) is 11.1. The van der Waals surface area contributed by atoms with Crippen molar-refractivity contribution in [1.82, 2.24) is 9.55 Å². The highest BCUT2D eigenvalue weighted by atomic mass is 35.5. The second-order valence-electron chi connectivity index (χ2n) is 8.39. The minimum atomic E-state index is -0.310. The van der Waals surface area contributed by atoms with Gasteiger partial charge < -0.3 is 14.2 Å². The van der Waals surface area contributed by atoms with E-state index in [2.05, 4.69) is 28.5 Å². The average Bonchev–Trinajstić information content (AvgIpc) is 3.11. The first-order chi connectivity index (χ1) is 16.3. The molecule has 0 atom stereocenters. The second-order valence-corrected chi connectivity index (χ2v) is 9.23. The van der Waals surface area contributed by atoms with Crippen LogP contribution < -0.4 is 4.90 Å². The van der Waals surface area contributed by atoms with Crippen LogP contribution >= 0.6 is 23.2 Å². The van der Waals surface area contributed by atoms with E-state index in [1.807, 2.05) is 44.3 Å². The van der Waals surface area contributed by atoms with Crippen LogP contribution in [0.15, 0.2) is 54.6 Å². The maximum Gasteiger partial charge on any atom is 0.338 e. The fourth-order valence-electron chi connectivity index (χ4n) is 4.14. The van der Waals surface area contributed by atoms with Crippen LogP contribution in [-0.2, 0) is 17.8 Å². The molecule has 0 radical (unpaired) electrons. The van der Waals surface area contributed by atoms with E-state index in [1.165, 1.54) is 0 Å². The van der Waals surface area contributed by atoms with Crippen LogP contribution in [0.25, 0.3) is 11.0 Å². The number of hydrogen-bond donors (Lipinski definition) is 0. The third-order valence-electron chi connectivity index (χ3n) is 5.86. The van der Waals surface area contributed by atoms with E-state index in [9.17, 15) is 4.79 Å². The molecule has 4 aromatic rings. The Morgan fingerprint density at radius 1 is 1.09 bits per heavy atom. The summed E-state index contributed by atoms with van der Waals surface area (Å²) in [6.45, 7) is 7.54. The monoisotopic (exact) mass is 495 g/mol. The number of fused-ring (bicyclic) bond motifs is 1. The number of halogens is 2. The Morgan fingerprint density at radius 2 is 1.88 bits per heavy atom. The van der Waals surface area contributed by atoms with E-state index in [0.29, 0.717) is 35.3 Å². The molecular weight excluding hydrogens is 469 g/mol. The molecule has 1 heterocycles. The number of rotatable bonds is 7. The molecule has 0 aliphatic rings. The highest BCUT2D eigenvalue weighted by Gasteiger charge is 2.15. The van der Waals surface area contributed by atoms with Gasteiger partial charge in [0.25, 0.3) is 0 Å².